The SMILES string of the molecule is O=C(CC[C@@H]1CCCN(C(=O)c2cnco2)C1)NCc1ccc(F)c(F)c1. The van der Waals surface area contributed by atoms with Crippen molar-refractivity contribution in [2.45, 2.75) is 32.2 Å². The number of rotatable bonds is 6. The highest BCUT2D eigenvalue weighted by molar-refractivity contribution is 5.91. The van der Waals surface area contributed by atoms with Crippen LogP contribution in [0, 0.1) is 17.6 Å². The average Bonchev–Trinajstić information content (AvgIpc) is 3.21. The van der Waals surface area contributed by atoms with E-state index in [4.69, 9.17) is 4.42 Å². The Kier molecular flexibility index (Phi) is 6.16. The number of likely N-dealkylation sites (tertiary alicyclic amines) is 1. The van der Waals surface area contributed by atoms with Crippen molar-refractivity contribution in [3.05, 3.63) is 53.7 Å². The number of piperidine rings is 1. The van der Waals surface area contributed by atoms with Crippen LogP contribution >= 0.6 is 0 Å². The number of carbonyl (C=O) groups is 2. The molecule has 1 aromatic heterocycles. The molecule has 2 aromatic rings. The molecule has 6 nitrogen and oxygen atoms in total. The molecule has 2 amide bonds. The zero-order valence-electron chi connectivity index (χ0n) is 14.8. The Balaban J connectivity index is 1.43. The lowest BCUT2D eigenvalue weighted by atomic mass is 9.93. The Morgan fingerprint density at radius 1 is 1.30 bits per heavy atom. The van der Waals surface area contributed by atoms with E-state index in [9.17, 15) is 18.4 Å². The third kappa shape index (κ3) is 5.12. The largest absolute Gasteiger partial charge is 0.438 e. The van der Waals surface area contributed by atoms with Gasteiger partial charge in [-0.2, -0.15) is 0 Å². The molecule has 0 aliphatic carbocycles. The highest BCUT2D eigenvalue weighted by Gasteiger charge is 2.26. The summed E-state index contributed by atoms with van der Waals surface area (Å²) in [5, 5.41) is 2.71. The predicted molar refractivity (Wildman–Crippen MR) is 92.6 cm³/mol. The lowest BCUT2D eigenvalue weighted by Gasteiger charge is -2.32. The fraction of sp³-hybridized carbons (Fsp3) is 0.421. The van der Waals surface area contributed by atoms with E-state index in [1.165, 1.54) is 18.7 Å². The summed E-state index contributed by atoms with van der Waals surface area (Å²) in [5.41, 5.74) is 0.503. The van der Waals surface area contributed by atoms with Gasteiger partial charge in [0.1, 0.15) is 0 Å². The fourth-order valence-electron chi connectivity index (χ4n) is 3.24. The van der Waals surface area contributed by atoms with Gasteiger partial charge in [-0.1, -0.05) is 6.07 Å². The predicted octanol–water partition coefficient (Wildman–Crippen LogP) is 2.90. The molecule has 0 bridgehead atoms. The molecule has 3 rings (SSSR count). The topological polar surface area (TPSA) is 75.4 Å². The van der Waals surface area contributed by atoms with Gasteiger partial charge in [-0.3, -0.25) is 9.59 Å². The molecule has 144 valence electrons. The van der Waals surface area contributed by atoms with Gasteiger partial charge in [-0.15, -0.1) is 0 Å². The third-order valence-corrected chi connectivity index (χ3v) is 4.70. The summed E-state index contributed by atoms with van der Waals surface area (Å²) in [6.07, 6.45) is 5.43. The van der Waals surface area contributed by atoms with Crippen LogP contribution in [-0.4, -0.2) is 34.8 Å². The van der Waals surface area contributed by atoms with Gasteiger partial charge in [0.2, 0.25) is 11.7 Å². The summed E-state index contributed by atoms with van der Waals surface area (Å²) in [7, 11) is 0. The smallest absolute Gasteiger partial charge is 0.291 e. The van der Waals surface area contributed by atoms with Crippen molar-refractivity contribution < 1.29 is 22.8 Å². The number of benzene rings is 1. The summed E-state index contributed by atoms with van der Waals surface area (Å²) >= 11 is 0. The molecule has 27 heavy (non-hydrogen) atoms. The number of oxazole rings is 1. The molecule has 8 heteroatoms. The van der Waals surface area contributed by atoms with Gasteiger partial charge >= 0.3 is 0 Å². The number of halogens is 2. The maximum Gasteiger partial charge on any atom is 0.291 e. The van der Waals surface area contributed by atoms with Gasteiger partial charge in [0.25, 0.3) is 5.91 Å². The molecular weight excluding hydrogens is 356 g/mol. The Hall–Kier alpha value is -2.77. The molecule has 1 N–H and O–H groups in total. The molecule has 1 atom stereocenters. The lowest BCUT2D eigenvalue weighted by molar-refractivity contribution is -0.121. The van der Waals surface area contributed by atoms with E-state index in [0.717, 1.165) is 25.0 Å². The summed E-state index contributed by atoms with van der Waals surface area (Å²) in [6.45, 7) is 1.39. The first-order valence-corrected chi connectivity index (χ1v) is 8.91. The second kappa shape index (κ2) is 8.75. The molecule has 1 aliphatic rings. The first-order valence-electron chi connectivity index (χ1n) is 8.91. The second-order valence-electron chi connectivity index (χ2n) is 6.69. The average molecular weight is 377 g/mol. The van der Waals surface area contributed by atoms with E-state index in [0.29, 0.717) is 31.5 Å². The Morgan fingerprint density at radius 2 is 2.15 bits per heavy atom. The number of carbonyl (C=O) groups excluding carboxylic acids is 2. The summed E-state index contributed by atoms with van der Waals surface area (Å²) in [6, 6.07) is 3.55. The molecule has 0 saturated carbocycles. The molecule has 1 aliphatic heterocycles. The van der Waals surface area contributed by atoms with Crippen LogP contribution in [0.3, 0.4) is 0 Å². The number of hydrogen-bond donors (Lipinski definition) is 1. The van der Waals surface area contributed by atoms with Crippen LogP contribution in [0.2, 0.25) is 0 Å². The van der Waals surface area contributed by atoms with Crippen molar-refractivity contribution in [2.24, 2.45) is 5.92 Å². The minimum atomic E-state index is -0.930. The van der Waals surface area contributed by atoms with Gasteiger partial charge < -0.3 is 14.6 Å². The van der Waals surface area contributed by atoms with Crippen LogP contribution in [-0.2, 0) is 11.3 Å². The van der Waals surface area contributed by atoms with E-state index in [1.54, 1.807) is 4.90 Å². The van der Waals surface area contributed by atoms with E-state index in [2.05, 4.69) is 10.3 Å². The van der Waals surface area contributed by atoms with Crippen molar-refractivity contribution >= 4 is 11.8 Å². The van der Waals surface area contributed by atoms with Gasteiger partial charge in [0.05, 0.1) is 6.20 Å². The van der Waals surface area contributed by atoms with Crippen LogP contribution in [0.4, 0.5) is 8.78 Å². The quantitative estimate of drug-likeness (QED) is 0.840. The zero-order chi connectivity index (χ0) is 19.2. The molecule has 1 aromatic carbocycles. The number of amides is 2. The Morgan fingerprint density at radius 3 is 2.89 bits per heavy atom. The van der Waals surface area contributed by atoms with Crippen molar-refractivity contribution in [3.63, 3.8) is 0 Å². The molecule has 1 fully saturated rings. The highest BCUT2D eigenvalue weighted by atomic mass is 19.2. The minimum absolute atomic E-state index is 0.150. The molecule has 2 heterocycles. The number of aromatic nitrogens is 1. The fourth-order valence-corrected chi connectivity index (χ4v) is 3.24. The van der Waals surface area contributed by atoms with Crippen molar-refractivity contribution in [1.29, 1.82) is 0 Å². The summed E-state index contributed by atoms with van der Waals surface area (Å²) in [4.78, 5) is 29.8. The Bertz CT molecular complexity index is 796. The maximum atomic E-state index is 13.2. The van der Waals surface area contributed by atoms with Crippen molar-refractivity contribution in [3.8, 4) is 0 Å². The first kappa shape index (κ1) is 19.0. The van der Waals surface area contributed by atoms with Crippen LogP contribution in [0.1, 0.15) is 41.8 Å². The monoisotopic (exact) mass is 377 g/mol. The van der Waals surface area contributed by atoms with E-state index in [-0.39, 0.29) is 30.0 Å². The van der Waals surface area contributed by atoms with Crippen LogP contribution in [0.25, 0.3) is 0 Å². The second-order valence-corrected chi connectivity index (χ2v) is 6.69. The van der Waals surface area contributed by atoms with Crippen molar-refractivity contribution in [1.82, 2.24) is 15.2 Å². The molecule has 0 unspecified atom stereocenters. The van der Waals surface area contributed by atoms with E-state index < -0.39 is 11.6 Å². The number of hydrogen-bond acceptors (Lipinski definition) is 4. The Labute approximate surface area is 155 Å². The maximum absolute atomic E-state index is 13.2. The molecule has 0 radical (unpaired) electrons. The standard InChI is InChI=1S/C19H21F2N3O3/c20-15-5-3-14(8-16(15)21)9-23-18(25)6-4-13-2-1-7-24(11-13)19(26)17-10-22-12-27-17/h3,5,8,10,12-13H,1-2,4,6-7,9,11H2,(H,23,25)/t13-/m0/s1. The number of nitrogens with zero attached hydrogens (tertiary/aromatic N) is 2. The van der Waals surface area contributed by atoms with Gasteiger partial charge in [-0.05, 0) is 42.9 Å². The molecule has 0 spiro atoms. The molecular formula is C19H21F2N3O3. The van der Waals surface area contributed by atoms with E-state index in [1.807, 2.05) is 0 Å². The van der Waals surface area contributed by atoms with Gasteiger partial charge in [-0.25, -0.2) is 13.8 Å². The normalized spacial score (nSPS) is 17.0. The summed E-state index contributed by atoms with van der Waals surface area (Å²) < 4.78 is 31.1. The van der Waals surface area contributed by atoms with Gasteiger partial charge in [0.15, 0.2) is 18.0 Å². The van der Waals surface area contributed by atoms with Crippen molar-refractivity contribution in [2.75, 3.05) is 13.1 Å². The highest BCUT2D eigenvalue weighted by Crippen LogP contribution is 2.22. The number of nitrogens with one attached hydrogen (secondary N) is 1. The van der Waals surface area contributed by atoms with E-state index >= 15 is 0 Å². The van der Waals surface area contributed by atoms with Crippen LogP contribution < -0.4 is 5.32 Å². The van der Waals surface area contributed by atoms with Crippen LogP contribution in [0.15, 0.2) is 35.2 Å². The third-order valence-electron chi connectivity index (χ3n) is 4.70. The van der Waals surface area contributed by atoms with Crippen LogP contribution in [0.5, 0.6) is 0 Å². The minimum Gasteiger partial charge on any atom is -0.438 e. The first-order chi connectivity index (χ1) is 13.0. The molecule has 1 saturated heterocycles. The zero-order valence-corrected chi connectivity index (χ0v) is 14.8. The lowest BCUT2D eigenvalue weighted by Crippen LogP contribution is -2.40. The van der Waals surface area contributed by atoms with Gasteiger partial charge in [0, 0.05) is 26.1 Å². The summed E-state index contributed by atoms with van der Waals surface area (Å²) in [5.74, 6) is -1.72.